The Morgan fingerprint density at radius 1 is 1.43 bits per heavy atom. The Morgan fingerprint density at radius 3 is 2.50 bits per heavy atom. The zero-order chi connectivity index (χ0) is 10.9. The summed E-state index contributed by atoms with van der Waals surface area (Å²) in [5.41, 5.74) is 0.237. The van der Waals surface area contributed by atoms with Crippen LogP contribution in [0.1, 0.15) is 26.3 Å². The minimum absolute atomic E-state index is 0.296. The molecule has 1 heterocycles. The summed E-state index contributed by atoms with van der Waals surface area (Å²) in [4.78, 5) is 15.1. The van der Waals surface area contributed by atoms with E-state index in [1.54, 1.807) is 13.2 Å². The second kappa shape index (κ2) is 3.44. The first-order valence-corrected chi connectivity index (χ1v) is 4.53. The summed E-state index contributed by atoms with van der Waals surface area (Å²) < 4.78 is 6.98. The Labute approximate surface area is 83.5 Å². The van der Waals surface area contributed by atoms with Crippen LogP contribution in [0, 0.1) is 6.92 Å². The third-order valence-electron chi connectivity index (χ3n) is 1.63. The lowest BCUT2D eigenvalue weighted by atomic mass is 10.2. The van der Waals surface area contributed by atoms with Crippen molar-refractivity contribution in [2.45, 2.75) is 33.3 Å². The highest BCUT2D eigenvalue weighted by molar-refractivity contribution is 5.21. The maximum atomic E-state index is 11.2. The van der Waals surface area contributed by atoms with Crippen LogP contribution in [-0.2, 0) is 7.05 Å². The van der Waals surface area contributed by atoms with E-state index in [1.807, 2.05) is 27.7 Å². The molecule has 0 unspecified atom stereocenters. The first kappa shape index (κ1) is 10.8. The lowest BCUT2D eigenvalue weighted by Gasteiger charge is -2.21. The summed E-state index contributed by atoms with van der Waals surface area (Å²) in [7, 11) is 1.67. The van der Waals surface area contributed by atoms with Crippen LogP contribution >= 0.6 is 0 Å². The Morgan fingerprint density at radius 2 is 2.00 bits per heavy atom. The summed E-state index contributed by atoms with van der Waals surface area (Å²) in [5, 5.41) is 0. The molecule has 0 N–H and O–H groups in total. The van der Waals surface area contributed by atoms with Crippen molar-refractivity contribution in [3.8, 4) is 5.88 Å². The van der Waals surface area contributed by atoms with Crippen LogP contribution in [0.25, 0.3) is 0 Å². The molecule has 0 aliphatic carbocycles. The van der Waals surface area contributed by atoms with Crippen molar-refractivity contribution in [2.24, 2.45) is 7.05 Å². The van der Waals surface area contributed by atoms with Crippen LogP contribution in [0.5, 0.6) is 5.88 Å². The van der Waals surface area contributed by atoms with Gasteiger partial charge in [-0.3, -0.25) is 0 Å². The molecule has 0 aliphatic rings. The van der Waals surface area contributed by atoms with Gasteiger partial charge in [0.1, 0.15) is 5.60 Å². The fourth-order valence-electron chi connectivity index (χ4n) is 1.05. The standard InChI is InChI=1S/C10H16N2O2/c1-7-6-12(5)9(13)11-8(7)14-10(2,3)4/h6H,1-5H3. The van der Waals surface area contributed by atoms with E-state index < -0.39 is 0 Å². The molecule has 1 aromatic rings. The fourth-order valence-corrected chi connectivity index (χ4v) is 1.05. The normalized spacial score (nSPS) is 11.5. The molecule has 0 atom stereocenters. The Kier molecular flexibility index (Phi) is 2.64. The minimum Gasteiger partial charge on any atom is -0.472 e. The van der Waals surface area contributed by atoms with Gasteiger partial charge in [0.2, 0.25) is 5.88 Å². The summed E-state index contributed by atoms with van der Waals surface area (Å²) in [6.07, 6.45) is 1.72. The summed E-state index contributed by atoms with van der Waals surface area (Å²) in [5.74, 6) is 0.417. The van der Waals surface area contributed by atoms with Gasteiger partial charge in [0.05, 0.1) is 0 Å². The van der Waals surface area contributed by atoms with Crippen molar-refractivity contribution < 1.29 is 4.74 Å². The molecule has 1 aromatic heterocycles. The van der Waals surface area contributed by atoms with Gasteiger partial charge in [0.25, 0.3) is 0 Å². The number of hydrogen-bond donors (Lipinski definition) is 0. The molecule has 78 valence electrons. The first-order chi connectivity index (χ1) is 6.29. The number of hydrogen-bond acceptors (Lipinski definition) is 3. The van der Waals surface area contributed by atoms with Crippen molar-refractivity contribution >= 4 is 0 Å². The van der Waals surface area contributed by atoms with Gasteiger partial charge in [-0.25, -0.2) is 4.79 Å². The summed E-state index contributed by atoms with van der Waals surface area (Å²) in [6.45, 7) is 7.64. The SMILES string of the molecule is Cc1cn(C)c(=O)nc1OC(C)(C)C. The predicted molar refractivity (Wildman–Crippen MR) is 54.6 cm³/mol. The molecule has 0 saturated heterocycles. The molecule has 4 nitrogen and oxygen atoms in total. The van der Waals surface area contributed by atoms with Gasteiger partial charge in [0, 0.05) is 18.8 Å². The smallest absolute Gasteiger partial charge is 0.350 e. The molecular weight excluding hydrogens is 180 g/mol. The van der Waals surface area contributed by atoms with E-state index in [-0.39, 0.29) is 11.3 Å². The average molecular weight is 196 g/mol. The van der Waals surface area contributed by atoms with Gasteiger partial charge in [-0.05, 0) is 27.7 Å². The first-order valence-electron chi connectivity index (χ1n) is 4.53. The molecule has 0 aliphatic heterocycles. The maximum Gasteiger partial charge on any atom is 0.350 e. The fraction of sp³-hybridized carbons (Fsp3) is 0.600. The van der Waals surface area contributed by atoms with Gasteiger partial charge >= 0.3 is 5.69 Å². The monoisotopic (exact) mass is 196 g/mol. The summed E-state index contributed by atoms with van der Waals surface area (Å²) in [6, 6.07) is 0. The largest absolute Gasteiger partial charge is 0.472 e. The lowest BCUT2D eigenvalue weighted by Crippen LogP contribution is -2.28. The van der Waals surface area contributed by atoms with Gasteiger partial charge in [-0.2, -0.15) is 4.98 Å². The number of aromatic nitrogens is 2. The van der Waals surface area contributed by atoms with Crippen molar-refractivity contribution in [3.05, 3.63) is 22.2 Å². The third-order valence-corrected chi connectivity index (χ3v) is 1.63. The molecule has 4 heteroatoms. The maximum absolute atomic E-state index is 11.2. The Hall–Kier alpha value is -1.32. The third kappa shape index (κ3) is 2.58. The van der Waals surface area contributed by atoms with Crippen LogP contribution < -0.4 is 10.4 Å². The zero-order valence-electron chi connectivity index (χ0n) is 9.29. The molecule has 0 amide bonds. The van der Waals surface area contributed by atoms with Gasteiger partial charge < -0.3 is 9.30 Å². The number of aryl methyl sites for hydroxylation is 2. The molecule has 0 saturated carbocycles. The topological polar surface area (TPSA) is 44.1 Å². The molecular formula is C10H16N2O2. The van der Waals surface area contributed by atoms with E-state index >= 15 is 0 Å². The second-order valence-electron chi connectivity index (χ2n) is 4.34. The van der Waals surface area contributed by atoms with Crippen LogP contribution in [-0.4, -0.2) is 15.2 Å². The van der Waals surface area contributed by atoms with Gasteiger partial charge in [-0.1, -0.05) is 0 Å². The van der Waals surface area contributed by atoms with Crippen LogP contribution in [0.3, 0.4) is 0 Å². The minimum atomic E-state index is -0.329. The highest BCUT2D eigenvalue weighted by Crippen LogP contribution is 2.17. The lowest BCUT2D eigenvalue weighted by molar-refractivity contribution is 0.122. The average Bonchev–Trinajstić information content (AvgIpc) is 1.97. The predicted octanol–water partition coefficient (Wildman–Crippen LogP) is 1.27. The zero-order valence-corrected chi connectivity index (χ0v) is 9.29. The van der Waals surface area contributed by atoms with E-state index in [1.165, 1.54) is 4.57 Å². The van der Waals surface area contributed by atoms with Crippen LogP contribution in [0.2, 0.25) is 0 Å². The van der Waals surface area contributed by atoms with Crippen molar-refractivity contribution in [2.75, 3.05) is 0 Å². The van der Waals surface area contributed by atoms with Crippen molar-refractivity contribution in [3.63, 3.8) is 0 Å². The van der Waals surface area contributed by atoms with Crippen LogP contribution in [0.4, 0.5) is 0 Å². The number of nitrogens with zero attached hydrogens (tertiary/aromatic N) is 2. The van der Waals surface area contributed by atoms with Gasteiger partial charge in [0.15, 0.2) is 0 Å². The highest BCUT2D eigenvalue weighted by Gasteiger charge is 2.15. The molecule has 0 aromatic carbocycles. The highest BCUT2D eigenvalue weighted by atomic mass is 16.5. The van der Waals surface area contributed by atoms with E-state index in [0.29, 0.717) is 5.88 Å². The van der Waals surface area contributed by atoms with Crippen LogP contribution in [0.15, 0.2) is 11.0 Å². The molecule has 0 bridgehead atoms. The molecule has 1 rings (SSSR count). The molecule has 0 spiro atoms. The van der Waals surface area contributed by atoms with Gasteiger partial charge in [-0.15, -0.1) is 0 Å². The molecule has 14 heavy (non-hydrogen) atoms. The van der Waals surface area contributed by atoms with E-state index in [0.717, 1.165) is 5.56 Å². The Bertz CT molecular complexity index is 388. The molecule has 0 radical (unpaired) electrons. The van der Waals surface area contributed by atoms with E-state index in [2.05, 4.69) is 4.98 Å². The van der Waals surface area contributed by atoms with Crippen molar-refractivity contribution in [1.29, 1.82) is 0 Å². The Balaban J connectivity index is 3.11. The quantitative estimate of drug-likeness (QED) is 0.679. The number of ether oxygens (including phenoxy) is 1. The molecule has 0 fully saturated rings. The van der Waals surface area contributed by atoms with E-state index in [9.17, 15) is 4.79 Å². The second-order valence-corrected chi connectivity index (χ2v) is 4.34. The summed E-state index contributed by atoms with van der Waals surface area (Å²) >= 11 is 0. The van der Waals surface area contributed by atoms with E-state index in [4.69, 9.17) is 4.74 Å². The van der Waals surface area contributed by atoms with Crippen molar-refractivity contribution in [1.82, 2.24) is 9.55 Å². The number of rotatable bonds is 1.